The van der Waals surface area contributed by atoms with Crippen molar-refractivity contribution in [2.75, 3.05) is 4.72 Å². The summed E-state index contributed by atoms with van der Waals surface area (Å²) in [6, 6.07) is 3.43. The van der Waals surface area contributed by atoms with E-state index in [0.717, 1.165) is 16.8 Å². The van der Waals surface area contributed by atoms with Crippen LogP contribution in [-0.4, -0.2) is 13.4 Å². The van der Waals surface area contributed by atoms with Crippen LogP contribution in [-0.2, 0) is 16.6 Å². The molecule has 5 nitrogen and oxygen atoms in total. The third kappa shape index (κ3) is 3.20. The lowest BCUT2D eigenvalue weighted by Gasteiger charge is -2.11. The number of benzene rings is 1. The Morgan fingerprint density at radius 2 is 2.10 bits per heavy atom. The Bertz CT molecular complexity index is 741. The van der Waals surface area contributed by atoms with Crippen LogP contribution in [0.15, 0.2) is 26.9 Å². The molecule has 0 aliphatic heterocycles. The van der Waals surface area contributed by atoms with Gasteiger partial charge < -0.3 is 5.73 Å². The number of nitrogens with zero attached hydrogens (tertiary/aromatic N) is 1. The highest BCUT2D eigenvalue weighted by Crippen LogP contribution is 2.29. The van der Waals surface area contributed by atoms with E-state index in [9.17, 15) is 8.42 Å². The van der Waals surface area contributed by atoms with E-state index in [1.165, 1.54) is 11.3 Å². The highest BCUT2D eigenvalue weighted by Gasteiger charge is 2.21. The Morgan fingerprint density at radius 3 is 2.65 bits per heavy atom. The number of halogens is 1. The number of anilines is 1. The summed E-state index contributed by atoms with van der Waals surface area (Å²) in [5, 5.41) is 2.14. The largest absolute Gasteiger partial charge is 0.326 e. The quantitative estimate of drug-likeness (QED) is 0.859. The highest BCUT2D eigenvalue weighted by molar-refractivity contribution is 9.10. The molecule has 0 aliphatic rings. The van der Waals surface area contributed by atoms with Gasteiger partial charge in [-0.15, -0.1) is 11.3 Å². The maximum atomic E-state index is 12.4. The second-order valence-corrected chi connectivity index (χ2v) is 7.63. The van der Waals surface area contributed by atoms with Crippen molar-refractivity contribution in [3.05, 3.63) is 38.8 Å². The minimum Gasteiger partial charge on any atom is -0.326 e. The van der Waals surface area contributed by atoms with E-state index in [1.807, 2.05) is 19.9 Å². The van der Waals surface area contributed by atoms with Crippen LogP contribution in [0.4, 0.5) is 5.13 Å². The molecular formula is C12H14BrN3O2S2. The third-order valence-corrected chi connectivity index (χ3v) is 6.33. The lowest BCUT2D eigenvalue weighted by Crippen LogP contribution is -2.15. The summed E-state index contributed by atoms with van der Waals surface area (Å²) in [5.41, 5.74) is 7.96. The Hall–Kier alpha value is -0.960. The van der Waals surface area contributed by atoms with E-state index in [4.69, 9.17) is 5.73 Å². The Balaban J connectivity index is 2.46. The second-order valence-electron chi connectivity index (χ2n) is 4.33. The highest BCUT2D eigenvalue weighted by atomic mass is 79.9. The molecule has 0 radical (unpaired) electrons. The molecule has 0 atom stereocenters. The van der Waals surface area contributed by atoms with E-state index in [-0.39, 0.29) is 11.4 Å². The zero-order valence-corrected chi connectivity index (χ0v) is 14.2. The first kappa shape index (κ1) is 15.4. The van der Waals surface area contributed by atoms with E-state index in [1.54, 1.807) is 11.4 Å². The molecule has 108 valence electrons. The van der Waals surface area contributed by atoms with Gasteiger partial charge in [0.1, 0.15) is 4.90 Å². The number of nitrogens with two attached hydrogens (primary N) is 1. The molecule has 0 fully saturated rings. The average Bonchev–Trinajstić information content (AvgIpc) is 2.76. The van der Waals surface area contributed by atoms with Gasteiger partial charge in [0.15, 0.2) is 5.13 Å². The maximum Gasteiger partial charge on any atom is 0.264 e. The molecule has 0 aliphatic carbocycles. The molecule has 0 amide bonds. The Morgan fingerprint density at radius 1 is 1.40 bits per heavy atom. The van der Waals surface area contributed by atoms with Crippen LogP contribution < -0.4 is 10.5 Å². The van der Waals surface area contributed by atoms with Crippen LogP contribution in [0.25, 0.3) is 0 Å². The van der Waals surface area contributed by atoms with Crippen molar-refractivity contribution >= 4 is 42.4 Å². The Labute approximate surface area is 130 Å². The molecule has 8 heteroatoms. The standard InChI is InChI=1S/C12H14BrN3O2S2/c1-7-3-9(5-14)4-10(11(7)13)20(17,18)16-12-15-8(2)6-19-12/h3-4,6H,5,14H2,1-2H3,(H,15,16). The fourth-order valence-corrected chi connectivity index (χ4v) is 4.70. The smallest absolute Gasteiger partial charge is 0.264 e. The number of sulfonamides is 1. The predicted molar refractivity (Wildman–Crippen MR) is 84.4 cm³/mol. The van der Waals surface area contributed by atoms with Crippen molar-refractivity contribution in [1.82, 2.24) is 4.98 Å². The molecule has 0 unspecified atom stereocenters. The zero-order chi connectivity index (χ0) is 14.9. The number of aryl methyl sites for hydroxylation is 2. The van der Waals surface area contributed by atoms with Gasteiger partial charge in [-0.1, -0.05) is 6.07 Å². The molecule has 1 heterocycles. The number of aromatic nitrogens is 1. The monoisotopic (exact) mass is 375 g/mol. The first-order chi connectivity index (χ1) is 9.33. The summed E-state index contributed by atoms with van der Waals surface area (Å²) in [5.74, 6) is 0. The van der Waals surface area contributed by atoms with Crippen LogP contribution in [0, 0.1) is 13.8 Å². The lowest BCUT2D eigenvalue weighted by molar-refractivity contribution is 0.600. The number of nitrogens with one attached hydrogen (secondary N) is 1. The van der Waals surface area contributed by atoms with Crippen molar-refractivity contribution in [2.45, 2.75) is 25.3 Å². The minimum atomic E-state index is -3.69. The summed E-state index contributed by atoms with van der Waals surface area (Å²) >= 11 is 4.57. The second kappa shape index (κ2) is 5.80. The molecule has 1 aromatic carbocycles. The van der Waals surface area contributed by atoms with Crippen LogP contribution in [0.5, 0.6) is 0 Å². The zero-order valence-electron chi connectivity index (χ0n) is 11.0. The predicted octanol–water partition coefficient (Wildman–Crippen LogP) is 2.78. The molecule has 0 bridgehead atoms. The van der Waals surface area contributed by atoms with Crippen molar-refractivity contribution in [2.24, 2.45) is 5.73 Å². The van der Waals surface area contributed by atoms with E-state index in [0.29, 0.717) is 9.60 Å². The van der Waals surface area contributed by atoms with Crippen LogP contribution in [0.3, 0.4) is 0 Å². The number of thiazole rings is 1. The normalized spacial score (nSPS) is 11.6. The van der Waals surface area contributed by atoms with E-state index in [2.05, 4.69) is 25.6 Å². The van der Waals surface area contributed by atoms with E-state index < -0.39 is 10.0 Å². The molecule has 2 aromatic rings. The summed E-state index contributed by atoms with van der Waals surface area (Å²) in [7, 11) is -3.69. The molecule has 0 saturated heterocycles. The molecule has 0 saturated carbocycles. The maximum absolute atomic E-state index is 12.4. The molecule has 3 N–H and O–H groups in total. The number of hydrogen-bond acceptors (Lipinski definition) is 5. The lowest BCUT2D eigenvalue weighted by atomic mass is 10.1. The summed E-state index contributed by atoms with van der Waals surface area (Å²) in [4.78, 5) is 4.28. The van der Waals surface area contributed by atoms with Crippen molar-refractivity contribution in [1.29, 1.82) is 0 Å². The first-order valence-electron chi connectivity index (χ1n) is 5.77. The summed E-state index contributed by atoms with van der Waals surface area (Å²) in [6.07, 6.45) is 0. The molecular weight excluding hydrogens is 362 g/mol. The van der Waals surface area contributed by atoms with Gasteiger partial charge >= 0.3 is 0 Å². The van der Waals surface area contributed by atoms with Crippen LogP contribution >= 0.6 is 27.3 Å². The van der Waals surface area contributed by atoms with Gasteiger partial charge in [-0.3, -0.25) is 4.72 Å². The number of hydrogen-bond donors (Lipinski definition) is 2. The fourth-order valence-electron chi connectivity index (χ4n) is 1.69. The van der Waals surface area contributed by atoms with Gasteiger partial charge in [-0.25, -0.2) is 13.4 Å². The molecule has 2 rings (SSSR count). The van der Waals surface area contributed by atoms with Gasteiger partial charge in [0.25, 0.3) is 10.0 Å². The molecule has 0 spiro atoms. The topological polar surface area (TPSA) is 85.1 Å². The number of rotatable bonds is 4. The average molecular weight is 376 g/mol. The third-order valence-electron chi connectivity index (χ3n) is 2.65. The first-order valence-corrected chi connectivity index (χ1v) is 8.93. The SMILES string of the molecule is Cc1csc(NS(=O)(=O)c2cc(CN)cc(C)c2Br)n1. The molecule has 1 aromatic heterocycles. The van der Waals surface area contributed by atoms with Crippen molar-refractivity contribution in [3.8, 4) is 0 Å². The van der Waals surface area contributed by atoms with Crippen molar-refractivity contribution < 1.29 is 8.42 Å². The summed E-state index contributed by atoms with van der Waals surface area (Å²) in [6.45, 7) is 3.92. The van der Waals surface area contributed by atoms with Crippen LogP contribution in [0.1, 0.15) is 16.8 Å². The van der Waals surface area contributed by atoms with E-state index >= 15 is 0 Å². The van der Waals surface area contributed by atoms with Gasteiger partial charge in [-0.05, 0) is 47.0 Å². The summed E-state index contributed by atoms with van der Waals surface area (Å²) < 4.78 is 27.9. The Kier molecular flexibility index (Phi) is 4.48. The fraction of sp³-hybridized carbons (Fsp3) is 0.250. The minimum absolute atomic E-state index is 0.172. The van der Waals surface area contributed by atoms with Gasteiger partial charge in [0.2, 0.25) is 0 Å². The van der Waals surface area contributed by atoms with Gasteiger partial charge in [0, 0.05) is 16.4 Å². The molecule has 20 heavy (non-hydrogen) atoms. The van der Waals surface area contributed by atoms with Crippen LogP contribution in [0.2, 0.25) is 0 Å². The van der Waals surface area contributed by atoms with Crippen molar-refractivity contribution in [3.63, 3.8) is 0 Å². The van der Waals surface area contributed by atoms with Gasteiger partial charge in [0.05, 0.1) is 5.69 Å². The van der Waals surface area contributed by atoms with Gasteiger partial charge in [-0.2, -0.15) is 0 Å².